The maximum absolute atomic E-state index is 12.7. The molecule has 6 heteroatoms. The van der Waals surface area contributed by atoms with Crippen LogP contribution in [0.3, 0.4) is 0 Å². The smallest absolute Gasteiger partial charge is 0.263 e. The van der Waals surface area contributed by atoms with E-state index in [0.29, 0.717) is 10.9 Å². The highest BCUT2D eigenvalue weighted by Crippen LogP contribution is 2.29. The average Bonchev–Trinajstić information content (AvgIpc) is 3.25. The van der Waals surface area contributed by atoms with Crippen molar-refractivity contribution in [1.82, 2.24) is 15.2 Å². The maximum atomic E-state index is 12.7. The van der Waals surface area contributed by atoms with Gasteiger partial charge in [0.2, 0.25) is 0 Å². The Kier molecular flexibility index (Phi) is 6.74. The molecule has 0 aliphatic carbocycles. The summed E-state index contributed by atoms with van der Waals surface area (Å²) in [5, 5.41) is 4.09. The van der Waals surface area contributed by atoms with E-state index in [9.17, 15) is 4.79 Å². The van der Waals surface area contributed by atoms with Crippen LogP contribution >= 0.6 is 11.3 Å². The highest BCUT2D eigenvalue weighted by Gasteiger charge is 2.28. The lowest BCUT2D eigenvalue weighted by atomic mass is 9.95. The largest absolute Gasteiger partial charge is 0.348 e. The van der Waals surface area contributed by atoms with Gasteiger partial charge in [-0.15, -0.1) is 0 Å². The molecule has 2 aromatic rings. The van der Waals surface area contributed by atoms with Gasteiger partial charge in [0.25, 0.3) is 5.91 Å². The summed E-state index contributed by atoms with van der Waals surface area (Å²) in [6.07, 6.45) is 6.83. The van der Waals surface area contributed by atoms with Crippen molar-refractivity contribution in [3.05, 3.63) is 46.5 Å². The van der Waals surface area contributed by atoms with Crippen molar-refractivity contribution < 1.29 is 4.79 Å². The third kappa shape index (κ3) is 5.03. The number of aryl methyl sites for hydroxylation is 1. The van der Waals surface area contributed by atoms with Gasteiger partial charge in [-0.25, -0.2) is 4.98 Å². The number of carbonyl (C=O) groups excluding carboxylic acids is 1. The third-order valence-electron chi connectivity index (χ3n) is 6.58. The van der Waals surface area contributed by atoms with Crippen LogP contribution in [0.15, 0.2) is 30.5 Å². The fourth-order valence-corrected chi connectivity index (χ4v) is 5.57. The molecule has 1 N–H and O–H groups in total. The Morgan fingerprint density at radius 3 is 2.60 bits per heavy atom. The molecular weight excluding hydrogens is 392 g/mol. The molecule has 0 saturated carbocycles. The zero-order valence-electron chi connectivity index (χ0n) is 18.4. The lowest BCUT2D eigenvalue weighted by Crippen LogP contribution is -2.48. The Morgan fingerprint density at radius 2 is 1.90 bits per heavy atom. The number of piperidine rings is 2. The monoisotopic (exact) mass is 426 g/mol. The van der Waals surface area contributed by atoms with Crippen LogP contribution in [0, 0.1) is 12.8 Å². The average molecular weight is 427 g/mol. The van der Waals surface area contributed by atoms with Crippen LogP contribution in [0.5, 0.6) is 0 Å². The Morgan fingerprint density at radius 1 is 1.17 bits per heavy atom. The van der Waals surface area contributed by atoms with Gasteiger partial charge in [0.1, 0.15) is 4.88 Å². The van der Waals surface area contributed by atoms with E-state index in [1.807, 2.05) is 6.92 Å². The standard InChI is InChI=1S/C24H34N4OS/c1-17-6-8-20(9-7-17)19(3)26-23(29)22-15-25-24(30-22)27-13-10-21(11-14-27)28-12-4-5-18(2)16-28/h6-9,15,18-19,21H,4-5,10-14,16H2,1-3H3,(H,26,29)/t18-,19?/m1/s1. The highest BCUT2D eigenvalue weighted by atomic mass is 32.1. The molecule has 5 nitrogen and oxygen atoms in total. The van der Waals surface area contributed by atoms with Crippen molar-refractivity contribution >= 4 is 22.4 Å². The van der Waals surface area contributed by atoms with Gasteiger partial charge in [0.05, 0.1) is 12.2 Å². The molecule has 30 heavy (non-hydrogen) atoms. The van der Waals surface area contributed by atoms with Gasteiger partial charge >= 0.3 is 0 Å². The quantitative estimate of drug-likeness (QED) is 0.756. The molecule has 1 unspecified atom stereocenters. The summed E-state index contributed by atoms with van der Waals surface area (Å²) in [4.78, 5) is 23.0. The number of benzene rings is 1. The second-order valence-electron chi connectivity index (χ2n) is 9.07. The van der Waals surface area contributed by atoms with Crippen LogP contribution < -0.4 is 10.2 Å². The van der Waals surface area contributed by atoms with Gasteiger partial charge in [-0.1, -0.05) is 48.1 Å². The molecule has 1 amide bonds. The van der Waals surface area contributed by atoms with Crippen molar-refractivity contribution in [2.75, 3.05) is 31.1 Å². The van der Waals surface area contributed by atoms with Gasteiger partial charge in [-0.05, 0) is 57.6 Å². The number of amides is 1. The summed E-state index contributed by atoms with van der Waals surface area (Å²) < 4.78 is 0. The van der Waals surface area contributed by atoms with Crippen molar-refractivity contribution in [2.24, 2.45) is 5.92 Å². The molecule has 0 bridgehead atoms. The fraction of sp³-hybridized carbons (Fsp3) is 0.583. The van der Waals surface area contributed by atoms with Gasteiger partial charge in [0, 0.05) is 25.7 Å². The van der Waals surface area contributed by atoms with E-state index in [0.717, 1.165) is 29.7 Å². The summed E-state index contributed by atoms with van der Waals surface area (Å²) in [5.74, 6) is 0.795. The van der Waals surface area contributed by atoms with E-state index in [1.165, 1.54) is 55.7 Å². The van der Waals surface area contributed by atoms with E-state index < -0.39 is 0 Å². The highest BCUT2D eigenvalue weighted by molar-refractivity contribution is 7.17. The Bertz CT molecular complexity index is 841. The van der Waals surface area contributed by atoms with E-state index in [1.54, 1.807) is 6.20 Å². The lowest BCUT2D eigenvalue weighted by Gasteiger charge is -2.41. The second-order valence-corrected chi connectivity index (χ2v) is 10.1. The van der Waals surface area contributed by atoms with Gasteiger partial charge < -0.3 is 10.2 Å². The van der Waals surface area contributed by atoms with E-state index in [2.05, 4.69) is 58.2 Å². The summed E-state index contributed by atoms with van der Waals surface area (Å²) in [6.45, 7) is 11.1. The number of hydrogen-bond acceptors (Lipinski definition) is 5. The minimum atomic E-state index is -0.0379. The number of rotatable bonds is 5. The van der Waals surface area contributed by atoms with Crippen molar-refractivity contribution in [2.45, 2.75) is 58.5 Å². The fourth-order valence-electron chi connectivity index (χ4n) is 4.70. The predicted molar refractivity (Wildman–Crippen MR) is 124 cm³/mol. The molecule has 4 rings (SSSR count). The minimum Gasteiger partial charge on any atom is -0.348 e. The number of thiazole rings is 1. The van der Waals surface area contributed by atoms with Crippen LogP contribution in [-0.4, -0.2) is 48.0 Å². The topological polar surface area (TPSA) is 48.5 Å². The van der Waals surface area contributed by atoms with Crippen molar-refractivity contribution in [3.63, 3.8) is 0 Å². The zero-order valence-corrected chi connectivity index (χ0v) is 19.3. The van der Waals surface area contributed by atoms with Crippen LogP contribution in [-0.2, 0) is 0 Å². The Balaban J connectivity index is 1.30. The third-order valence-corrected chi connectivity index (χ3v) is 7.64. The molecule has 2 fully saturated rings. The maximum Gasteiger partial charge on any atom is 0.263 e. The first-order valence-electron chi connectivity index (χ1n) is 11.3. The molecule has 1 aromatic heterocycles. The second kappa shape index (κ2) is 9.48. The van der Waals surface area contributed by atoms with E-state index >= 15 is 0 Å². The SMILES string of the molecule is Cc1ccc(C(C)NC(=O)c2cnc(N3CCC(N4CCC[C@@H](C)C4)CC3)s2)cc1. The lowest BCUT2D eigenvalue weighted by molar-refractivity contribution is 0.0944. The predicted octanol–water partition coefficient (Wildman–Crippen LogP) is 4.64. The molecule has 162 valence electrons. The Labute approximate surface area is 184 Å². The van der Waals surface area contributed by atoms with Crippen LogP contribution in [0.25, 0.3) is 0 Å². The van der Waals surface area contributed by atoms with Gasteiger partial charge in [0.15, 0.2) is 5.13 Å². The van der Waals surface area contributed by atoms with Crippen LogP contribution in [0.2, 0.25) is 0 Å². The molecule has 1 aromatic carbocycles. The number of hydrogen-bond donors (Lipinski definition) is 1. The molecular formula is C24H34N4OS. The molecule has 2 aliphatic rings. The first-order chi connectivity index (χ1) is 14.5. The Hall–Kier alpha value is -1.92. The summed E-state index contributed by atoms with van der Waals surface area (Å²) >= 11 is 1.51. The summed E-state index contributed by atoms with van der Waals surface area (Å²) in [7, 11) is 0. The molecule has 3 heterocycles. The number of nitrogens with zero attached hydrogens (tertiary/aromatic N) is 3. The molecule has 2 aliphatic heterocycles. The molecule has 2 saturated heterocycles. The van der Waals surface area contributed by atoms with Crippen LogP contribution in [0.4, 0.5) is 5.13 Å². The van der Waals surface area contributed by atoms with Crippen molar-refractivity contribution in [1.29, 1.82) is 0 Å². The number of carbonyl (C=O) groups is 1. The summed E-state index contributed by atoms with van der Waals surface area (Å²) in [5.41, 5.74) is 2.34. The minimum absolute atomic E-state index is 0.0219. The van der Waals surface area contributed by atoms with Crippen LogP contribution in [0.1, 0.15) is 66.4 Å². The molecule has 0 spiro atoms. The number of anilines is 1. The zero-order chi connectivity index (χ0) is 21.1. The number of nitrogens with one attached hydrogen (secondary N) is 1. The first kappa shape index (κ1) is 21.3. The molecule has 2 atom stereocenters. The van der Waals surface area contributed by atoms with Gasteiger partial charge in [-0.3, -0.25) is 9.69 Å². The van der Waals surface area contributed by atoms with E-state index in [-0.39, 0.29) is 11.9 Å². The molecule has 0 radical (unpaired) electrons. The number of likely N-dealkylation sites (tertiary alicyclic amines) is 1. The first-order valence-corrected chi connectivity index (χ1v) is 12.1. The summed E-state index contributed by atoms with van der Waals surface area (Å²) in [6, 6.07) is 9.00. The van der Waals surface area contributed by atoms with Gasteiger partial charge in [-0.2, -0.15) is 0 Å². The van der Waals surface area contributed by atoms with Crippen molar-refractivity contribution in [3.8, 4) is 0 Å². The van der Waals surface area contributed by atoms with E-state index in [4.69, 9.17) is 0 Å². The normalized spacial score (nSPS) is 22.1. The number of aromatic nitrogens is 1.